The van der Waals surface area contributed by atoms with E-state index in [-0.39, 0.29) is 5.75 Å². The van der Waals surface area contributed by atoms with Crippen LogP contribution in [0.25, 0.3) is 0 Å². The molecule has 1 heterocycles. The molecular weight excluding hydrogens is 292 g/mol. The molecule has 1 aromatic heterocycles. The van der Waals surface area contributed by atoms with Crippen molar-refractivity contribution in [2.24, 2.45) is 0 Å². The molecular formula is C10H15BrN2O2S. The third-order valence-corrected chi connectivity index (χ3v) is 4.23. The van der Waals surface area contributed by atoms with Crippen molar-refractivity contribution in [3.8, 4) is 0 Å². The smallest absolute Gasteiger partial charge is 0.212 e. The van der Waals surface area contributed by atoms with Gasteiger partial charge in [-0.15, -0.1) is 0 Å². The molecule has 16 heavy (non-hydrogen) atoms. The summed E-state index contributed by atoms with van der Waals surface area (Å²) in [5, 5.41) is 0. The van der Waals surface area contributed by atoms with Gasteiger partial charge in [0.1, 0.15) is 0 Å². The summed E-state index contributed by atoms with van der Waals surface area (Å²) < 4.78 is 26.5. The van der Waals surface area contributed by atoms with Gasteiger partial charge in [0.05, 0.1) is 11.3 Å². The maximum absolute atomic E-state index is 11.5. The molecule has 0 radical (unpaired) electrons. The Bertz CT molecular complexity index is 471. The van der Waals surface area contributed by atoms with Gasteiger partial charge < -0.3 is 0 Å². The van der Waals surface area contributed by atoms with Gasteiger partial charge in [0, 0.05) is 16.9 Å². The zero-order chi connectivity index (χ0) is 12.4. The van der Waals surface area contributed by atoms with E-state index in [0.29, 0.717) is 0 Å². The largest absolute Gasteiger partial charge is 0.263 e. The molecule has 1 rings (SSSR count). The molecule has 0 atom stereocenters. The van der Waals surface area contributed by atoms with Crippen molar-refractivity contribution in [2.75, 3.05) is 5.75 Å². The van der Waals surface area contributed by atoms with Gasteiger partial charge in [0.15, 0.2) is 0 Å². The quantitative estimate of drug-likeness (QED) is 0.926. The molecule has 6 heteroatoms. The van der Waals surface area contributed by atoms with Crippen molar-refractivity contribution in [2.45, 2.75) is 26.3 Å². The van der Waals surface area contributed by atoms with Crippen LogP contribution in [0.2, 0.25) is 0 Å². The molecule has 0 spiro atoms. The number of aromatic nitrogens is 1. The van der Waals surface area contributed by atoms with Crippen LogP contribution in [0, 0.1) is 0 Å². The van der Waals surface area contributed by atoms with E-state index in [2.05, 4.69) is 25.6 Å². The lowest BCUT2D eigenvalue weighted by Gasteiger charge is -2.26. The first kappa shape index (κ1) is 13.6. The lowest BCUT2D eigenvalue weighted by atomic mass is 9.98. The Morgan fingerprint density at radius 3 is 2.56 bits per heavy atom. The summed E-state index contributed by atoms with van der Waals surface area (Å²) >= 11 is 3.31. The summed E-state index contributed by atoms with van der Waals surface area (Å²) in [7, 11) is -3.23. The second-order valence-electron chi connectivity index (χ2n) is 4.02. The molecule has 0 bridgehead atoms. The first-order chi connectivity index (χ1) is 7.27. The number of pyridine rings is 1. The van der Waals surface area contributed by atoms with Gasteiger partial charge in [-0.1, -0.05) is 0 Å². The highest BCUT2D eigenvalue weighted by molar-refractivity contribution is 9.10. The van der Waals surface area contributed by atoms with Crippen molar-refractivity contribution < 1.29 is 8.42 Å². The van der Waals surface area contributed by atoms with Crippen LogP contribution in [0.15, 0.2) is 22.9 Å². The average molecular weight is 307 g/mol. The van der Waals surface area contributed by atoms with E-state index >= 15 is 0 Å². The highest BCUT2D eigenvalue weighted by Crippen LogP contribution is 2.22. The summed E-state index contributed by atoms with van der Waals surface area (Å²) in [4.78, 5) is 4.02. The monoisotopic (exact) mass is 306 g/mol. The van der Waals surface area contributed by atoms with Gasteiger partial charge in [-0.05, 0) is 48.3 Å². The molecule has 0 aliphatic rings. The summed E-state index contributed by atoms with van der Waals surface area (Å²) in [6, 6.07) is 1.85. The van der Waals surface area contributed by atoms with Crippen LogP contribution in [0.3, 0.4) is 0 Å². The van der Waals surface area contributed by atoms with Gasteiger partial charge in [0.2, 0.25) is 10.0 Å². The highest BCUT2D eigenvalue weighted by Gasteiger charge is 2.26. The van der Waals surface area contributed by atoms with Crippen LogP contribution in [0.1, 0.15) is 26.3 Å². The number of nitrogens with zero attached hydrogens (tertiary/aromatic N) is 1. The molecule has 90 valence electrons. The zero-order valence-corrected chi connectivity index (χ0v) is 11.9. The average Bonchev–Trinajstić information content (AvgIpc) is 2.16. The maximum atomic E-state index is 11.5. The van der Waals surface area contributed by atoms with E-state index in [1.54, 1.807) is 19.3 Å². The first-order valence-corrected chi connectivity index (χ1v) is 7.34. The minimum atomic E-state index is -3.23. The number of rotatable bonds is 4. The maximum Gasteiger partial charge on any atom is 0.212 e. The summed E-state index contributed by atoms with van der Waals surface area (Å²) in [5.74, 6) is 0.0673. The molecule has 4 nitrogen and oxygen atoms in total. The number of sulfonamides is 1. The van der Waals surface area contributed by atoms with Crippen molar-refractivity contribution in [1.29, 1.82) is 0 Å². The van der Waals surface area contributed by atoms with E-state index < -0.39 is 15.6 Å². The van der Waals surface area contributed by atoms with Gasteiger partial charge >= 0.3 is 0 Å². The molecule has 0 saturated heterocycles. The topological polar surface area (TPSA) is 59.1 Å². The molecule has 1 aromatic rings. The number of nitrogens with one attached hydrogen (secondary N) is 1. The normalized spacial score (nSPS) is 12.8. The second kappa shape index (κ2) is 4.81. The predicted molar refractivity (Wildman–Crippen MR) is 67.6 cm³/mol. The van der Waals surface area contributed by atoms with E-state index in [9.17, 15) is 8.42 Å². The SMILES string of the molecule is CCS(=O)(=O)NC(C)(C)c1cncc(Br)c1. The van der Waals surface area contributed by atoms with Crippen LogP contribution in [-0.4, -0.2) is 19.2 Å². The lowest BCUT2D eigenvalue weighted by Crippen LogP contribution is -2.41. The van der Waals surface area contributed by atoms with Crippen LogP contribution in [-0.2, 0) is 15.6 Å². The van der Waals surface area contributed by atoms with Crippen molar-refractivity contribution >= 4 is 26.0 Å². The first-order valence-electron chi connectivity index (χ1n) is 4.89. The fourth-order valence-corrected chi connectivity index (χ4v) is 2.68. The third kappa shape index (κ3) is 3.54. The van der Waals surface area contributed by atoms with Crippen LogP contribution < -0.4 is 4.72 Å². The molecule has 0 aromatic carbocycles. The van der Waals surface area contributed by atoms with Crippen LogP contribution in [0.5, 0.6) is 0 Å². The Morgan fingerprint density at radius 2 is 2.06 bits per heavy atom. The number of halogens is 1. The Hall–Kier alpha value is -0.460. The molecule has 0 aliphatic heterocycles. The van der Waals surface area contributed by atoms with E-state index in [1.165, 1.54) is 0 Å². The van der Waals surface area contributed by atoms with E-state index in [0.717, 1.165) is 10.0 Å². The van der Waals surface area contributed by atoms with Crippen molar-refractivity contribution in [3.05, 3.63) is 28.5 Å². The predicted octanol–water partition coefficient (Wildman–Crippen LogP) is 2.02. The Morgan fingerprint density at radius 1 is 1.44 bits per heavy atom. The fourth-order valence-electron chi connectivity index (χ4n) is 1.27. The van der Waals surface area contributed by atoms with Gasteiger partial charge in [0.25, 0.3) is 0 Å². The molecule has 0 aliphatic carbocycles. The van der Waals surface area contributed by atoms with Crippen molar-refractivity contribution in [1.82, 2.24) is 9.71 Å². The summed E-state index contributed by atoms with van der Waals surface area (Å²) in [6.07, 6.45) is 3.32. The van der Waals surface area contributed by atoms with Crippen molar-refractivity contribution in [3.63, 3.8) is 0 Å². The minimum Gasteiger partial charge on any atom is -0.263 e. The Labute approximate surface area is 105 Å². The molecule has 0 saturated carbocycles. The minimum absolute atomic E-state index is 0.0673. The Balaban J connectivity index is 3.03. The van der Waals surface area contributed by atoms with Crippen LogP contribution in [0.4, 0.5) is 0 Å². The van der Waals surface area contributed by atoms with Gasteiger partial charge in [-0.25, -0.2) is 13.1 Å². The van der Waals surface area contributed by atoms with Gasteiger partial charge in [-0.3, -0.25) is 4.98 Å². The standard InChI is InChI=1S/C10H15BrN2O2S/c1-4-16(14,15)13-10(2,3)8-5-9(11)7-12-6-8/h5-7,13H,4H2,1-3H3. The van der Waals surface area contributed by atoms with Gasteiger partial charge in [-0.2, -0.15) is 0 Å². The Kier molecular flexibility index (Phi) is 4.09. The summed E-state index contributed by atoms with van der Waals surface area (Å²) in [5.41, 5.74) is 0.157. The van der Waals surface area contributed by atoms with E-state index in [4.69, 9.17) is 0 Å². The molecule has 0 unspecified atom stereocenters. The van der Waals surface area contributed by atoms with E-state index in [1.807, 2.05) is 19.9 Å². The molecule has 0 fully saturated rings. The molecule has 1 N–H and O–H groups in total. The molecule has 0 amide bonds. The number of hydrogen-bond donors (Lipinski definition) is 1. The lowest BCUT2D eigenvalue weighted by molar-refractivity contribution is 0.471. The highest BCUT2D eigenvalue weighted by atomic mass is 79.9. The summed E-state index contributed by atoms with van der Waals surface area (Å²) in [6.45, 7) is 5.23. The number of hydrogen-bond acceptors (Lipinski definition) is 3. The van der Waals surface area contributed by atoms with Crippen LogP contribution >= 0.6 is 15.9 Å². The third-order valence-electron chi connectivity index (χ3n) is 2.22. The zero-order valence-electron chi connectivity index (χ0n) is 9.49. The fraction of sp³-hybridized carbons (Fsp3) is 0.500. The second-order valence-corrected chi connectivity index (χ2v) is 6.95.